The maximum Gasteiger partial charge on any atom is 0.321 e. The number of hydrogen-bond acceptors (Lipinski definition) is 3. The van der Waals surface area contributed by atoms with Gasteiger partial charge in [0.15, 0.2) is 0 Å². The van der Waals surface area contributed by atoms with Crippen LogP contribution >= 0.6 is 0 Å². The first kappa shape index (κ1) is 22.8. The minimum atomic E-state index is -0.306. The van der Waals surface area contributed by atoms with Crippen LogP contribution in [0.1, 0.15) is 47.2 Å². The molecule has 1 aliphatic carbocycles. The molecule has 174 valence electrons. The Morgan fingerprint density at radius 2 is 1.70 bits per heavy atom. The zero-order chi connectivity index (χ0) is 23.4. The fraction of sp³-hybridized carbons (Fsp3) is 0.400. The average molecular weight is 453 g/mol. The van der Waals surface area contributed by atoms with E-state index >= 15 is 0 Å². The standard InChI is InChI=1S/C25H29FN4O3/c1-16-2-5-19(24(32)28-21-8-9-21)14-22(16)29-25(33)30-12-10-18(11-13-30)23(31)27-15-17-3-6-20(26)7-4-17/h2-7,14,18,21H,8-13,15H2,1H3,(H,27,31)(H,28,32)(H,29,33). The van der Waals surface area contributed by atoms with Crippen molar-refractivity contribution in [3.8, 4) is 0 Å². The molecule has 3 N–H and O–H groups in total. The second-order valence-corrected chi connectivity index (χ2v) is 8.81. The van der Waals surface area contributed by atoms with Crippen molar-refractivity contribution in [1.29, 1.82) is 0 Å². The molecule has 1 aliphatic heterocycles. The summed E-state index contributed by atoms with van der Waals surface area (Å²) >= 11 is 0. The lowest BCUT2D eigenvalue weighted by Crippen LogP contribution is -2.44. The number of nitrogens with zero attached hydrogens (tertiary/aromatic N) is 1. The maximum absolute atomic E-state index is 13.0. The van der Waals surface area contributed by atoms with Crippen LogP contribution in [0.5, 0.6) is 0 Å². The molecule has 1 saturated carbocycles. The van der Waals surface area contributed by atoms with E-state index in [1.165, 1.54) is 12.1 Å². The Bertz CT molecular complexity index is 1030. The number of hydrogen-bond donors (Lipinski definition) is 3. The summed E-state index contributed by atoms with van der Waals surface area (Å²) in [5, 5.41) is 8.77. The highest BCUT2D eigenvalue weighted by Crippen LogP contribution is 2.23. The summed E-state index contributed by atoms with van der Waals surface area (Å²) in [6.45, 7) is 3.18. The molecule has 8 heteroatoms. The molecule has 2 aliphatic rings. The minimum absolute atomic E-state index is 0.0513. The molecule has 0 aromatic heterocycles. The highest BCUT2D eigenvalue weighted by molar-refractivity contribution is 5.97. The van der Waals surface area contributed by atoms with Crippen molar-refractivity contribution in [3.63, 3.8) is 0 Å². The van der Waals surface area contributed by atoms with Crippen LogP contribution in [0.2, 0.25) is 0 Å². The van der Waals surface area contributed by atoms with Gasteiger partial charge in [-0.25, -0.2) is 9.18 Å². The number of likely N-dealkylation sites (tertiary alicyclic amines) is 1. The predicted octanol–water partition coefficient (Wildman–Crippen LogP) is 3.59. The topological polar surface area (TPSA) is 90.5 Å². The SMILES string of the molecule is Cc1ccc(C(=O)NC2CC2)cc1NC(=O)N1CCC(C(=O)NCc2ccc(F)cc2)CC1. The number of amides is 4. The summed E-state index contributed by atoms with van der Waals surface area (Å²) in [6.07, 6.45) is 3.18. The van der Waals surface area contributed by atoms with Crippen molar-refractivity contribution < 1.29 is 18.8 Å². The van der Waals surface area contributed by atoms with Crippen molar-refractivity contribution in [3.05, 3.63) is 65.0 Å². The first-order valence-electron chi connectivity index (χ1n) is 11.4. The van der Waals surface area contributed by atoms with Gasteiger partial charge < -0.3 is 20.9 Å². The van der Waals surface area contributed by atoms with E-state index < -0.39 is 0 Å². The summed E-state index contributed by atoms with van der Waals surface area (Å²) in [4.78, 5) is 39.3. The third-order valence-electron chi connectivity index (χ3n) is 6.19. The van der Waals surface area contributed by atoms with E-state index in [1.807, 2.05) is 13.0 Å². The highest BCUT2D eigenvalue weighted by Gasteiger charge is 2.28. The normalized spacial score (nSPS) is 16.2. The molecule has 2 aromatic rings. The third kappa shape index (κ3) is 6.09. The summed E-state index contributed by atoms with van der Waals surface area (Å²) in [7, 11) is 0. The number of piperidine rings is 1. The zero-order valence-corrected chi connectivity index (χ0v) is 18.7. The average Bonchev–Trinajstić information content (AvgIpc) is 3.64. The number of benzene rings is 2. The Hall–Kier alpha value is -3.42. The lowest BCUT2D eigenvalue weighted by molar-refractivity contribution is -0.126. The Morgan fingerprint density at radius 1 is 1.00 bits per heavy atom. The molecule has 7 nitrogen and oxygen atoms in total. The van der Waals surface area contributed by atoms with Crippen molar-refractivity contribution in [2.45, 2.75) is 45.2 Å². The van der Waals surface area contributed by atoms with Crippen LogP contribution in [0.15, 0.2) is 42.5 Å². The predicted molar refractivity (Wildman–Crippen MR) is 123 cm³/mol. The largest absolute Gasteiger partial charge is 0.352 e. The maximum atomic E-state index is 13.0. The molecule has 1 heterocycles. The molecule has 33 heavy (non-hydrogen) atoms. The number of urea groups is 1. The van der Waals surface area contributed by atoms with E-state index in [0.29, 0.717) is 43.7 Å². The van der Waals surface area contributed by atoms with E-state index in [2.05, 4.69) is 16.0 Å². The highest BCUT2D eigenvalue weighted by atomic mass is 19.1. The lowest BCUT2D eigenvalue weighted by Gasteiger charge is -2.31. The molecule has 4 amide bonds. The first-order valence-corrected chi connectivity index (χ1v) is 11.4. The van der Waals surface area contributed by atoms with Gasteiger partial charge in [0.25, 0.3) is 5.91 Å². The second kappa shape index (κ2) is 10.0. The van der Waals surface area contributed by atoms with Gasteiger partial charge in [0.2, 0.25) is 5.91 Å². The summed E-state index contributed by atoms with van der Waals surface area (Å²) in [5.74, 6) is -0.644. The molecular weight excluding hydrogens is 423 g/mol. The molecular formula is C25H29FN4O3. The van der Waals surface area contributed by atoms with Gasteiger partial charge in [0, 0.05) is 42.8 Å². The number of rotatable bonds is 6. The Balaban J connectivity index is 1.26. The first-order chi connectivity index (χ1) is 15.9. The van der Waals surface area contributed by atoms with Gasteiger partial charge >= 0.3 is 6.03 Å². The van der Waals surface area contributed by atoms with Gasteiger partial charge in [-0.3, -0.25) is 9.59 Å². The van der Waals surface area contributed by atoms with Gasteiger partial charge in [-0.05, 0) is 68.0 Å². The molecule has 0 atom stereocenters. The second-order valence-electron chi connectivity index (χ2n) is 8.81. The van der Waals surface area contributed by atoms with Crippen molar-refractivity contribution >= 4 is 23.5 Å². The monoisotopic (exact) mass is 452 g/mol. The van der Waals surface area contributed by atoms with Crippen LogP contribution < -0.4 is 16.0 Å². The van der Waals surface area contributed by atoms with Crippen LogP contribution in [0.3, 0.4) is 0 Å². The van der Waals surface area contributed by atoms with Crippen molar-refractivity contribution in [1.82, 2.24) is 15.5 Å². The van der Waals surface area contributed by atoms with Crippen molar-refractivity contribution in [2.24, 2.45) is 5.92 Å². The Morgan fingerprint density at radius 3 is 2.36 bits per heavy atom. The lowest BCUT2D eigenvalue weighted by atomic mass is 9.96. The number of anilines is 1. The van der Waals surface area contributed by atoms with Gasteiger partial charge in [-0.1, -0.05) is 18.2 Å². The minimum Gasteiger partial charge on any atom is -0.352 e. The van der Waals surface area contributed by atoms with Gasteiger partial charge in [-0.2, -0.15) is 0 Å². The van der Waals surface area contributed by atoms with Gasteiger partial charge in [-0.15, -0.1) is 0 Å². The molecule has 0 bridgehead atoms. The van der Waals surface area contributed by atoms with E-state index in [9.17, 15) is 18.8 Å². The van der Waals surface area contributed by atoms with E-state index in [4.69, 9.17) is 0 Å². The summed E-state index contributed by atoms with van der Waals surface area (Å²) in [5.41, 5.74) is 2.85. The molecule has 1 saturated heterocycles. The van der Waals surface area contributed by atoms with E-state index in [-0.39, 0.29) is 35.6 Å². The van der Waals surface area contributed by atoms with Crippen LogP contribution in [0.4, 0.5) is 14.9 Å². The van der Waals surface area contributed by atoms with Crippen LogP contribution in [-0.2, 0) is 11.3 Å². The molecule has 2 aromatic carbocycles. The number of carbonyl (C=O) groups is 3. The molecule has 2 fully saturated rings. The zero-order valence-electron chi connectivity index (χ0n) is 18.7. The van der Waals surface area contributed by atoms with E-state index in [0.717, 1.165) is 24.0 Å². The third-order valence-corrected chi connectivity index (χ3v) is 6.19. The van der Waals surface area contributed by atoms with E-state index in [1.54, 1.807) is 29.2 Å². The van der Waals surface area contributed by atoms with Gasteiger partial charge in [0.05, 0.1) is 0 Å². The van der Waals surface area contributed by atoms with Gasteiger partial charge in [0.1, 0.15) is 5.82 Å². The quantitative estimate of drug-likeness (QED) is 0.626. The Kier molecular flexibility index (Phi) is 6.91. The summed E-state index contributed by atoms with van der Waals surface area (Å²) < 4.78 is 13.0. The fourth-order valence-corrected chi connectivity index (χ4v) is 3.87. The molecule has 0 radical (unpaired) electrons. The van der Waals surface area contributed by atoms with Crippen LogP contribution in [0.25, 0.3) is 0 Å². The van der Waals surface area contributed by atoms with Crippen LogP contribution in [-0.4, -0.2) is 41.9 Å². The van der Waals surface area contributed by atoms with Crippen LogP contribution in [0, 0.1) is 18.7 Å². The molecule has 4 rings (SSSR count). The smallest absolute Gasteiger partial charge is 0.321 e. The fourth-order valence-electron chi connectivity index (χ4n) is 3.87. The number of nitrogens with one attached hydrogen (secondary N) is 3. The number of carbonyl (C=O) groups excluding carboxylic acids is 3. The number of aryl methyl sites for hydroxylation is 1. The summed E-state index contributed by atoms with van der Waals surface area (Å²) in [6, 6.07) is 11.4. The number of halogens is 1. The van der Waals surface area contributed by atoms with Crippen molar-refractivity contribution in [2.75, 3.05) is 18.4 Å². The molecule has 0 unspecified atom stereocenters. The molecule has 0 spiro atoms. The Labute approximate surface area is 192 Å².